The summed E-state index contributed by atoms with van der Waals surface area (Å²) < 4.78 is 38.1. The normalized spacial score (nSPS) is 21.8. The van der Waals surface area contributed by atoms with E-state index in [2.05, 4.69) is 25.1 Å². The number of aromatic nitrogens is 1. The highest BCUT2D eigenvalue weighted by Gasteiger charge is 2.48. The van der Waals surface area contributed by atoms with Gasteiger partial charge in [0.15, 0.2) is 0 Å². The molecule has 16 heteroatoms. The summed E-state index contributed by atoms with van der Waals surface area (Å²) in [5.74, 6) is -1.60. The van der Waals surface area contributed by atoms with Crippen molar-refractivity contribution in [1.82, 2.24) is 24.6 Å². The Hall–Kier alpha value is -3.73. The van der Waals surface area contributed by atoms with Gasteiger partial charge in [0.05, 0.1) is 29.5 Å². The maximum absolute atomic E-state index is 13.7. The number of esters is 1. The third-order valence-corrected chi connectivity index (χ3v) is 13.4. The SMILES string of the molecule is CCOC(=O)[C@H](CCc1ccc(CNS(=O)(=O)c2cc3c(cc2Cl)NC(CCc2ccccn2)NS3)cc1)NC(C)C(=O)N1[C@@H]2CCCC[C@@H]2C[C@H]1C(=O)O. The van der Waals surface area contributed by atoms with Crippen molar-refractivity contribution >= 4 is 57.1 Å². The third-order valence-electron chi connectivity index (χ3n) is 10.6. The van der Waals surface area contributed by atoms with Crippen molar-refractivity contribution < 1.29 is 32.6 Å². The fraction of sp³-hybridized carbons (Fsp3) is 0.487. The minimum atomic E-state index is -3.95. The monoisotopic (exact) mass is 812 g/mol. The number of benzene rings is 2. The molecule has 2 aromatic carbocycles. The van der Waals surface area contributed by atoms with Crippen LogP contribution in [-0.2, 0) is 48.5 Å². The molecule has 3 aromatic rings. The average Bonchev–Trinajstić information content (AvgIpc) is 3.58. The maximum atomic E-state index is 13.7. The number of carboxylic acids is 1. The van der Waals surface area contributed by atoms with E-state index >= 15 is 0 Å². The van der Waals surface area contributed by atoms with Crippen molar-refractivity contribution in [3.63, 3.8) is 0 Å². The van der Waals surface area contributed by atoms with Gasteiger partial charge in [0, 0.05) is 29.4 Å². The molecular formula is C39H49ClN6O7S2. The van der Waals surface area contributed by atoms with Crippen LogP contribution in [0.2, 0.25) is 5.02 Å². The van der Waals surface area contributed by atoms with Gasteiger partial charge in [-0.15, -0.1) is 0 Å². The van der Waals surface area contributed by atoms with Gasteiger partial charge < -0.3 is 20.1 Å². The third kappa shape index (κ3) is 10.2. The van der Waals surface area contributed by atoms with Gasteiger partial charge in [-0.2, -0.15) is 0 Å². The topological polar surface area (TPSA) is 179 Å². The first-order chi connectivity index (χ1) is 26.4. The number of pyridine rings is 1. The van der Waals surface area contributed by atoms with Gasteiger partial charge in [0.1, 0.15) is 17.0 Å². The van der Waals surface area contributed by atoms with E-state index in [1.807, 2.05) is 42.5 Å². The molecule has 6 rings (SSSR count). The number of rotatable bonds is 16. The number of carboxylic acid groups (broad SMARTS) is 1. The molecule has 1 aromatic heterocycles. The molecule has 55 heavy (non-hydrogen) atoms. The smallest absolute Gasteiger partial charge is 0.326 e. The number of halogens is 1. The summed E-state index contributed by atoms with van der Waals surface area (Å²) in [6.45, 7) is 3.61. The number of hydrogen-bond donors (Lipinski definition) is 5. The lowest BCUT2D eigenvalue weighted by atomic mass is 9.84. The van der Waals surface area contributed by atoms with Crippen LogP contribution in [0.4, 0.5) is 5.69 Å². The predicted molar refractivity (Wildman–Crippen MR) is 211 cm³/mol. The van der Waals surface area contributed by atoms with Crippen LogP contribution >= 0.6 is 23.5 Å². The molecule has 0 radical (unpaired) electrons. The number of carbonyl (C=O) groups is 3. The van der Waals surface area contributed by atoms with Crippen molar-refractivity contribution in [2.45, 2.75) is 118 Å². The van der Waals surface area contributed by atoms with Crippen LogP contribution in [-0.4, -0.2) is 78.2 Å². The van der Waals surface area contributed by atoms with Crippen molar-refractivity contribution in [1.29, 1.82) is 0 Å². The Morgan fingerprint density at radius 2 is 1.85 bits per heavy atom. The number of aliphatic carboxylic acids is 1. The Balaban J connectivity index is 1.02. The van der Waals surface area contributed by atoms with Crippen LogP contribution in [0.1, 0.15) is 75.6 Å². The number of likely N-dealkylation sites (tertiary alicyclic amines) is 1. The molecule has 6 atom stereocenters. The molecule has 13 nitrogen and oxygen atoms in total. The highest BCUT2D eigenvalue weighted by Crippen LogP contribution is 2.40. The molecule has 296 valence electrons. The summed E-state index contributed by atoms with van der Waals surface area (Å²) in [6, 6.07) is 13.9. The number of nitrogens with zero attached hydrogens (tertiary/aromatic N) is 2. The van der Waals surface area contributed by atoms with Crippen molar-refractivity contribution in [2.75, 3.05) is 11.9 Å². The molecular weight excluding hydrogens is 764 g/mol. The zero-order valence-electron chi connectivity index (χ0n) is 31.0. The highest BCUT2D eigenvalue weighted by atomic mass is 35.5. The lowest BCUT2D eigenvalue weighted by Gasteiger charge is -2.35. The summed E-state index contributed by atoms with van der Waals surface area (Å²) in [4.78, 5) is 45.5. The van der Waals surface area contributed by atoms with Gasteiger partial charge in [-0.25, -0.2) is 22.7 Å². The minimum absolute atomic E-state index is 0.0143. The van der Waals surface area contributed by atoms with Crippen molar-refractivity contribution in [2.24, 2.45) is 5.92 Å². The van der Waals surface area contributed by atoms with E-state index in [0.29, 0.717) is 19.3 Å². The number of ether oxygens (including phenoxy) is 1. The Morgan fingerprint density at radius 1 is 1.09 bits per heavy atom. The Bertz CT molecular complexity index is 1940. The molecule has 1 amide bonds. The fourth-order valence-electron chi connectivity index (χ4n) is 7.76. The van der Waals surface area contributed by atoms with E-state index in [4.69, 9.17) is 16.3 Å². The van der Waals surface area contributed by atoms with Gasteiger partial charge in [0.25, 0.3) is 0 Å². The van der Waals surface area contributed by atoms with E-state index in [1.165, 1.54) is 11.9 Å². The predicted octanol–water partition coefficient (Wildman–Crippen LogP) is 5.28. The fourth-order valence-corrected chi connectivity index (χ4v) is 10.3. The molecule has 0 bridgehead atoms. The first kappa shape index (κ1) is 40.9. The van der Waals surface area contributed by atoms with Gasteiger partial charge in [-0.05, 0) is 112 Å². The summed E-state index contributed by atoms with van der Waals surface area (Å²) in [5, 5.41) is 16.6. The number of amides is 1. The van der Waals surface area contributed by atoms with E-state index in [0.717, 1.165) is 65.9 Å². The first-order valence-corrected chi connectivity index (χ1v) is 21.6. The number of hydrogen-bond acceptors (Lipinski definition) is 11. The second kappa shape index (κ2) is 18.5. The molecule has 3 heterocycles. The first-order valence-electron chi connectivity index (χ1n) is 18.9. The van der Waals surface area contributed by atoms with E-state index in [9.17, 15) is 27.9 Å². The molecule has 0 spiro atoms. The summed E-state index contributed by atoms with van der Waals surface area (Å²) in [5.41, 5.74) is 3.39. The van der Waals surface area contributed by atoms with Crippen molar-refractivity contribution in [3.05, 3.63) is 82.6 Å². The number of aryl methyl sites for hydroxylation is 2. The quantitative estimate of drug-likeness (QED) is 0.0935. The largest absolute Gasteiger partial charge is 0.480 e. The van der Waals surface area contributed by atoms with Gasteiger partial charge in [-0.1, -0.05) is 54.8 Å². The van der Waals surface area contributed by atoms with Crippen LogP contribution in [0.5, 0.6) is 0 Å². The number of nitrogens with one attached hydrogen (secondary N) is 4. The van der Waals surface area contributed by atoms with Crippen LogP contribution in [0, 0.1) is 5.92 Å². The second-order valence-electron chi connectivity index (χ2n) is 14.4. The van der Waals surface area contributed by atoms with Gasteiger partial charge in [0.2, 0.25) is 15.9 Å². The average molecular weight is 813 g/mol. The molecule has 3 aliphatic rings. The Labute approximate surface area is 331 Å². The number of fused-ring (bicyclic) bond motifs is 2. The van der Waals surface area contributed by atoms with Crippen LogP contribution in [0.15, 0.2) is 70.6 Å². The number of sulfonamides is 1. The molecule has 1 saturated heterocycles. The van der Waals surface area contributed by atoms with Gasteiger partial charge in [-0.3, -0.25) is 19.9 Å². The van der Waals surface area contributed by atoms with Gasteiger partial charge >= 0.3 is 11.9 Å². The minimum Gasteiger partial charge on any atom is -0.480 e. The standard InChI is InChI=1S/C39H49ClN6O7S2/c1-3-53-39(50)30(43-24(2)37(47)46-32-10-5-4-8-27(32)20-33(46)38(48)49)17-15-25-11-13-26(14-12-25)23-42-55(51,52)35-22-34-31(21-29(35)40)44-36(45-54-34)18-16-28-9-6-7-19-41-28/h6-7,9,11-14,19,21-22,24,27,30,32-33,36,42-45H,3-5,8,10,15-18,20,23H2,1-2H3,(H,48,49)/t24?,27-,30+,32-,33+,36?/m1/s1. The zero-order valence-corrected chi connectivity index (χ0v) is 33.4. The lowest BCUT2D eigenvalue weighted by molar-refractivity contribution is -0.152. The summed E-state index contributed by atoms with van der Waals surface area (Å²) >= 11 is 7.87. The lowest BCUT2D eigenvalue weighted by Crippen LogP contribution is -2.55. The number of anilines is 1. The molecule has 1 aliphatic carbocycles. The Kier molecular flexibility index (Phi) is 13.7. The Morgan fingerprint density at radius 3 is 2.58 bits per heavy atom. The zero-order chi connectivity index (χ0) is 39.1. The molecule has 1 saturated carbocycles. The molecule has 5 N–H and O–H groups in total. The number of carbonyl (C=O) groups excluding carboxylic acids is 2. The molecule has 2 fully saturated rings. The molecule has 2 aliphatic heterocycles. The maximum Gasteiger partial charge on any atom is 0.326 e. The summed E-state index contributed by atoms with van der Waals surface area (Å²) in [6.07, 6.45) is 8.26. The van der Waals surface area contributed by atoms with Crippen LogP contribution < -0.4 is 20.1 Å². The van der Waals surface area contributed by atoms with Crippen molar-refractivity contribution in [3.8, 4) is 0 Å². The van der Waals surface area contributed by atoms with Crippen LogP contribution in [0.25, 0.3) is 0 Å². The highest BCUT2D eigenvalue weighted by molar-refractivity contribution is 7.97. The summed E-state index contributed by atoms with van der Waals surface area (Å²) in [7, 11) is -3.95. The second-order valence-corrected chi connectivity index (χ2v) is 17.4. The van der Waals surface area contributed by atoms with E-state index in [-0.39, 0.29) is 47.1 Å². The molecule has 2 unspecified atom stereocenters. The van der Waals surface area contributed by atoms with Crippen LogP contribution in [0.3, 0.4) is 0 Å². The van der Waals surface area contributed by atoms with E-state index in [1.54, 1.807) is 37.1 Å². The van der Waals surface area contributed by atoms with E-state index < -0.39 is 40.1 Å².